The first-order valence-corrected chi connectivity index (χ1v) is 13.9. The Balaban J connectivity index is 2.34. The van der Waals surface area contributed by atoms with E-state index in [0.717, 1.165) is 6.92 Å². The number of aliphatic imine (C=N–C) groups is 1. The minimum Gasteiger partial charge on any atom is -0.444 e. The third-order valence-electron chi connectivity index (χ3n) is 5.43. The molecule has 0 spiro atoms. The van der Waals surface area contributed by atoms with Gasteiger partial charge >= 0.3 is 18.1 Å². The van der Waals surface area contributed by atoms with E-state index < -0.39 is 59.5 Å². The van der Waals surface area contributed by atoms with E-state index in [1.165, 1.54) is 36.4 Å². The summed E-state index contributed by atoms with van der Waals surface area (Å²) in [4.78, 5) is 65.8. The van der Waals surface area contributed by atoms with Gasteiger partial charge in [0.15, 0.2) is 0 Å². The molecule has 4 N–H and O–H groups in total. The largest absolute Gasteiger partial charge is 0.444 e. The van der Waals surface area contributed by atoms with E-state index in [1.807, 2.05) is 5.32 Å². The number of Topliss-reactive ketones (excluding diaryl/α,β-unsaturated/α-hetero) is 1. The minimum atomic E-state index is -3.97. The number of carbonyl (C=O) groups excluding carboxylic acids is 5. The first kappa shape index (κ1) is 36.3. The van der Waals surface area contributed by atoms with Crippen LogP contribution in [0.15, 0.2) is 59.6 Å². The van der Waals surface area contributed by atoms with E-state index in [1.54, 1.807) is 59.7 Å². The van der Waals surface area contributed by atoms with Crippen LogP contribution in [-0.2, 0) is 25.5 Å². The number of nitrogens with zero attached hydrogens (tertiary/aromatic N) is 1. The lowest BCUT2D eigenvalue weighted by atomic mass is 9.97. The van der Waals surface area contributed by atoms with Crippen LogP contribution in [-0.4, -0.2) is 65.5 Å². The van der Waals surface area contributed by atoms with Crippen molar-refractivity contribution in [3.05, 3.63) is 65.7 Å². The fourth-order valence-electron chi connectivity index (χ4n) is 3.58. The van der Waals surface area contributed by atoms with Crippen molar-refractivity contribution < 1.29 is 42.2 Å². The molecule has 0 aromatic heterocycles. The molecule has 0 radical (unpaired) electrons. The van der Waals surface area contributed by atoms with Crippen molar-refractivity contribution in [1.82, 2.24) is 21.3 Å². The summed E-state index contributed by atoms with van der Waals surface area (Å²) >= 11 is 0. The van der Waals surface area contributed by atoms with Crippen molar-refractivity contribution in [1.29, 1.82) is 0 Å². The Morgan fingerprint density at radius 3 is 1.78 bits per heavy atom. The Hall–Kier alpha value is -4.88. The summed E-state index contributed by atoms with van der Waals surface area (Å²) in [6, 6.07) is 11.9. The summed E-state index contributed by atoms with van der Waals surface area (Å²) in [5, 5.41) is 8.99. The molecule has 0 heterocycles. The van der Waals surface area contributed by atoms with E-state index in [9.17, 15) is 32.8 Å². The molecule has 12 nitrogen and oxygen atoms in total. The monoisotopic (exact) mass is 631 g/mol. The summed E-state index contributed by atoms with van der Waals surface area (Å²) in [6.07, 6.45) is -2.12. The molecule has 0 aliphatic carbocycles. The van der Waals surface area contributed by atoms with Gasteiger partial charge in [-0.05, 0) is 71.4 Å². The highest BCUT2D eigenvalue weighted by atomic mass is 19.3. The van der Waals surface area contributed by atoms with E-state index >= 15 is 0 Å². The number of alkyl carbamates (subject to hydrolysis) is 2. The molecular formula is C31H39F2N5O7. The molecular weight excluding hydrogens is 592 g/mol. The van der Waals surface area contributed by atoms with Crippen LogP contribution < -0.4 is 21.3 Å². The van der Waals surface area contributed by atoms with Gasteiger partial charge in [-0.1, -0.05) is 30.3 Å². The third-order valence-corrected chi connectivity index (χ3v) is 5.43. The Labute approximate surface area is 260 Å². The Bertz CT molecular complexity index is 1370. The SMILES string of the molecule is CC(=O)NCC(F)(F)C(=O)C(Cc1ccc(N=C(NC(=O)OC(C)(C)C)NC(=O)OC(C)(C)C)cc1)NC(=O)c1ccccc1. The van der Waals surface area contributed by atoms with Gasteiger partial charge in [-0.15, -0.1) is 0 Å². The Morgan fingerprint density at radius 1 is 0.800 bits per heavy atom. The molecule has 0 saturated carbocycles. The second kappa shape index (κ2) is 15.2. The number of hydrogen-bond donors (Lipinski definition) is 4. The van der Waals surface area contributed by atoms with Gasteiger partial charge in [-0.25, -0.2) is 14.6 Å². The highest BCUT2D eigenvalue weighted by molar-refractivity contribution is 6.02. The van der Waals surface area contributed by atoms with Gasteiger partial charge < -0.3 is 20.1 Å². The van der Waals surface area contributed by atoms with Crippen molar-refractivity contribution in [3.8, 4) is 0 Å². The molecule has 4 amide bonds. The van der Waals surface area contributed by atoms with E-state index in [2.05, 4.69) is 20.9 Å². The number of rotatable bonds is 9. The van der Waals surface area contributed by atoms with Gasteiger partial charge in [0.05, 0.1) is 18.3 Å². The highest BCUT2D eigenvalue weighted by Crippen LogP contribution is 2.21. The summed E-state index contributed by atoms with van der Waals surface area (Å²) in [5.74, 6) is -7.36. The molecule has 0 bridgehead atoms. The van der Waals surface area contributed by atoms with Crippen LogP contribution in [0.5, 0.6) is 0 Å². The van der Waals surface area contributed by atoms with Crippen LogP contribution in [0.25, 0.3) is 0 Å². The minimum absolute atomic E-state index is 0.160. The molecule has 0 saturated heterocycles. The molecule has 2 aromatic rings. The molecule has 2 aromatic carbocycles. The predicted molar refractivity (Wildman–Crippen MR) is 162 cm³/mol. The lowest BCUT2D eigenvalue weighted by molar-refractivity contribution is -0.145. The molecule has 14 heteroatoms. The zero-order valence-electron chi connectivity index (χ0n) is 26.2. The molecule has 0 aliphatic rings. The second-order valence-electron chi connectivity index (χ2n) is 12.0. The normalized spacial score (nSPS) is 12.2. The summed E-state index contributed by atoms with van der Waals surface area (Å²) < 4.78 is 40.0. The van der Waals surface area contributed by atoms with Gasteiger partial charge in [0, 0.05) is 18.9 Å². The topological polar surface area (TPSA) is 164 Å². The Morgan fingerprint density at radius 2 is 1.31 bits per heavy atom. The standard InChI is InChI=1S/C31H39F2N5O7/c1-19(39)34-18-31(32,33)24(40)23(36-25(41)21-11-9-8-10-12-21)17-20-13-15-22(16-14-20)35-26(37-27(42)44-29(2,3)4)38-28(43)45-30(5,6)7/h8-16,23H,17-18H2,1-7H3,(H,34,39)(H,36,41)(H2,35,37,38,42,43). The zero-order chi connectivity index (χ0) is 34.0. The second-order valence-corrected chi connectivity index (χ2v) is 12.0. The first-order valence-electron chi connectivity index (χ1n) is 13.9. The van der Waals surface area contributed by atoms with Crippen LogP contribution in [0.2, 0.25) is 0 Å². The van der Waals surface area contributed by atoms with Gasteiger partial charge in [0.2, 0.25) is 17.6 Å². The fraction of sp³-hybridized carbons (Fsp3) is 0.419. The molecule has 1 unspecified atom stereocenters. The van der Waals surface area contributed by atoms with Crippen molar-refractivity contribution in [3.63, 3.8) is 0 Å². The average molecular weight is 632 g/mol. The van der Waals surface area contributed by atoms with Crippen LogP contribution >= 0.6 is 0 Å². The lowest BCUT2D eigenvalue weighted by Crippen LogP contribution is -2.53. The zero-order valence-corrected chi connectivity index (χ0v) is 26.2. The number of guanidine groups is 1. The van der Waals surface area contributed by atoms with Gasteiger partial charge in [0.1, 0.15) is 11.2 Å². The van der Waals surface area contributed by atoms with Crippen molar-refractivity contribution >= 4 is 41.4 Å². The molecule has 244 valence electrons. The number of carbonyl (C=O) groups is 5. The fourth-order valence-corrected chi connectivity index (χ4v) is 3.58. The lowest BCUT2D eigenvalue weighted by Gasteiger charge is -2.23. The summed E-state index contributed by atoms with van der Waals surface area (Å²) in [6.45, 7) is 9.72. The number of hydrogen-bond acceptors (Lipinski definition) is 8. The first-order chi connectivity index (χ1) is 20.7. The van der Waals surface area contributed by atoms with E-state index in [4.69, 9.17) is 9.47 Å². The molecule has 45 heavy (non-hydrogen) atoms. The molecule has 0 aliphatic heterocycles. The average Bonchev–Trinajstić information content (AvgIpc) is 2.90. The van der Waals surface area contributed by atoms with Gasteiger partial charge in [0.25, 0.3) is 5.91 Å². The maximum atomic E-state index is 14.8. The van der Waals surface area contributed by atoms with Crippen molar-refractivity contribution in [2.24, 2.45) is 4.99 Å². The predicted octanol–water partition coefficient (Wildman–Crippen LogP) is 4.41. The maximum Gasteiger partial charge on any atom is 0.414 e. The van der Waals surface area contributed by atoms with Crippen LogP contribution in [0.1, 0.15) is 64.4 Å². The summed E-state index contributed by atoms with van der Waals surface area (Å²) in [5.41, 5.74) is -0.935. The molecule has 2 rings (SSSR count). The van der Waals surface area contributed by atoms with Crippen molar-refractivity contribution in [2.75, 3.05) is 6.54 Å². The van der Waals surface area contributed by atoms with Crippen LogP contribution in [0.3, 0.4) is 0 Å². The number of benzene rings is 2. The highest BCUT2D eigenvalue weighted by Gasteiger charge is 2.43. The molecule has 0 fully saturated rings. The number of halogens is 2. The third kappa shape index (κ3) is 13.5. The van der Waals surface area contributed by atoms with Gasteiger partial charge in [-0.3, -0.25) is 25.0 Å². The molecule has 1 atom stereocenters. The summed E-state index contributed by atoms with van der Waals surface area (Å²) in [7, 11) is 0. The number of nitrogens with one attached hydrogen (secondary N) is 4. The van der Waals surface area contributed by atoms with Crippen LogP contribution in [0.4, 0.5) is 24.1 Å². The Kier molecular flexibility index (Phi) is 12.3. The quantitative estimate of drug-likeness (QED) is 0.235. The maximum absolute atomic E-state index is 14.8. The van der Waals surface area contributed by atoms with E-state index in [-0.39, 0.29) is 23.6 Å². The van der Waals surface area contributed by atoms with Crippen LogP contribution in [0, 0.1) is 0 Å². The van der Waals surface area contributed by atoms with Gasteiger partial charge in [-0.2, -0.15) is 8.78 Å². The number of amides is 4. The number of ether oxygens (including phenoxy) is 2. The van der Waals surface area contributed by atoms with E-state index in [0.29, 0.717) is 5.56 Å². The number of alkyl halides is 2. The smallest absolute Gasteiger partial charge is 0.414 e. The van der Waals surface area contributed by atoms with Crippen molar-refractivity contribution in [2.45, 2.75) is 78.1 Å². The number of ketones is 1.